The van der Waals surface area contributed by atoms with Crippen LogP contribution in [0.25, 0.3) is 0 Å². The first-order valence-electron chi connectivity index (χ1n) is 27.0. The molecule has 0 bridgehead atoms. The molecule has 1 aliphatic rings. The summed E-state index contributed by atoms with van der Waals surface area (Å²) in [5, 5.41) is 44.7. The van der Waals surface area contributed by atoms with Gasteiger partial charge in [-0.15, -0.1) is 11.8 Å². The number of carboxylic acids is 1. The van der Waals surface area contributed by atoms with E-state index in [9.17, 15) is 62.6 Å². The maximum Gasteiger partial charge on any atom is 0.305 e. The molecule has 11 amide bonds. The van der Waals surface area contributed by atoms with Crippen molar-refractivity contribution in [1.29, 1.82) is 5.41 Å². The highest BCUT2D eigenvalue weighted by Crippen LogP contribution is 2.10. The highest BCUT2D eigenvalue weighted by Gasteiger charge is 2.34. The number of thiol groups is 2. The summed E-state index contributed by atoms with van der Waals surface area (Å²) in [6.07, 6.45) is -0.224. The highest BCUT2D eigenvalue weighted by atomic mass is 32.2. The van der Waals surface area contributed by atoms with Crippen LogP contribution in [-0.4, -0.2) is 233 Å². The Morgan fingerprint density at radius 1 is 0.600 bits per heavy atom. The number of nitrogens with two attached hydrogens (primary N) is 3. The lowest BCUT2D eigenvalue weighted by atomic mass is 10.0. The number of amides is 11. The highest BCUT2D eigenvalue weighted by molar-refractivity contribution is 8.00. The second kappa shape index (κ2) is 43.6. The minimum atomic E-state index is -1.83. The normalized spacial score (nSPS) is 21.0. The number of carbonyl (C=O) groups is 12. The number of rotatable bonds is 31. The van der Waals surface area contributed by atoms with Crippen molar-refractivity contribution in [2.24, 2.45) is 17.2 Å². The predicted molar refractivity (Wildman–Crippen MR) is 315 cm³/mol. The molecule has 1 saturated heterocycles. The fourth-order valence-corrected chi connectivity index (χ4v) is 8.82. The van der Waals surface area contributed by atoms with Crippen LogP contribution < -0.4 is 75.7 Å². The average Bonchev–Trinajstić information content (AvgIpc) is 3.59. The maximum absolute atomic E-state index is 14.3. The van der Waals surface area contributed by atoms with E-state index in [-0.39, 0.29) is 128 Å². The lowest BCUT2D eigenvalue weighted by Gasteiger charge is -2.26. The van der Waals surface area contributed by atoms with Crippen LogP contribution in [0.15, 0.2) is 30.3 Å². The molecule has 1 aromatic rings. The molecule has 35 heteroatoms. The zero-order valence-corrected chi connectivity index (χ0v) is 49.5. The van der Waals surface area contributed by atoms with E-state index in [1.54, 1.807) is 30.3 Å². The first-order valence-corrected chi connectivity index (χ1v) is 29.4. The van der Waals surface area contributed by atoms with E-state index in [1.807, 2.05) is 0 Å². The molecule has 85 heavy (non-hydrogen) atoms. The largest absolute Gasteiger partial charge is 0.481 e. The molecule has 0 radical (unpaired) electrons. The molecule has 0 spiro atoms. The number of nitrogens with one attached hydrogen (secondary N) is 12. The van der Waals surface area contributed by atoms with Crippen LogP contribution in [0.5, 0.6) is 0 Å². The van der Waals surface area contributed by atoms with Crippen molar-refractivity contribution in [2.75, 3.05) is 109 Å². The summed E-state index contributed by atoms with van der Waals surface area (Å²) in [7, 11) is 0. The predicted octanol–water partition coefficient (Wildman–Crippen LogP) is -7.00. The van der Waals surface area contributed by atoms with Crippen molar-refractivity contribution in [3.63, 3.8) is 0 Å². The number of aliphatic carboxylic acids is 1. The van der Waals surface area contributed by atoms with Gasteiger partial charge in [0.2, 0.25) is 65.0 Å². The number of hydrogen-bond acceptors (Lipinski definition) is 21. The van der Waals surface area contributed by atoms with Crippen LogP contribution in [0.2, 0.25) is 0 Å². The Kier molecular flexibility index (Phi) is 38.0. The first kappa shape index (κ1) is 74.1. The van der Waals surface area contributed by atoms with Gasteiger partial charge >= 0.3 is 5.97 Å². The molecule has 0 aromatic heterocycles. The summed E-state index contributed by atoms with van der Waals surface area (Å²) in [6, 6.07) is -1.81. The van der Waals surface area contributed by atoms with E-state index in [2.05, 4.69) is 83.7 Å². The summed E-state index contributed by atoms with van der Waals surface area (Å²) >= 11 is 9.36. The Morgan fingerprint density at radius 2 is 1.13 bits per heavy atom. The van der Waals surface area contributed by atoms with Crippen LogP contribution in [-0.2, 0) is 82.9 Å². The van der Waals surface area contributed by atoms with Crippen molar-refractivity contribution < 1.29 is 81.6 Å². The van der Waals surface area contributed by atoms with Gasteiger partial charge in [-0.05, 0) is 44.2 Å². The number of guanidine groups is 1. The fraction of sp³-hybridized carbons (Fsp3) is 0.620. The maximum atomic E-state index is 14.3. The fourth-order valence-electron chi connectivity index (χ4n) is 7.45. The monoisotopic (exact) mass is 1260 g/mol. The number of carboxylic acid groups (broad SMARTS) is 1. The lowest BCUT2D eigenvalue weighted by molar-refractivity contribution is -0.141. The van der Waals surface area contributed by atoms with E-state index in [1.165, 1.54) is 0 Å². The molecular formula is C50H81N15O17S3. The number of unbranched alkanes of at least 4 members (excludes halogenated alkanes) is 1. The van der Waals surface area contributed by atoms with Crippen LogP contribution >= 0.6 is 37.0 Å². The van der Waals surface area contributed by atoms with Crippen molar-refractivity contribution in [2.45, 2.75) is 87.2 Å². The molecule has 0 aliphatic carbocycles. The summed E-state index contributed by atoms with van der Waals surface area (Å²) in [5.74, 6) is -12.5. The Morgan fingerprint density at radius 3 is 1.72 bits per heavy atom. The standard InChI is InChI=1S/C50H81N15O17S3/c51-11-5-4-9-32-45(74)63-35(26-83)48(77)61-31(10-6-12-57-50(53)54)43(72)58-23-39(67)60-34(22-42(70)71)47(76)64-36(27-84)49(78)62-33(21-30-7-2-1-3-8-30)46(75)65-37(28-85-29-41(69)59-32)44(73)56-14-16-80-18-20-81-19-17-79-15-13-55-40(68)25-82-24-38(52)66/h1-3,7-8,31-37,83-84H,4-6,9-29,51H2,(H2,52,66)(H,55,68)(H,56,73)(H,58,72)(H,59,69)(H,60,67)(H,61,77)(H,62,78)(H,63,74)(H,64,76)(H,65,75)(H,70,71)(H4,53,54,57)/t31-,32-,33-,34-,35-,36?,37?/m0/s1. The molecule has 1 aliphatic heterocycles. The van der Waals surface area contributed by atoms with E-state index >= 15 is 0 Å². The zero-order chi connectivity index (χ0) is 62.9. The second-order valence-corrected chi connectivity index (χ2v) is 20.4. The molecule has 476 valence electrons. The van der Waals surface area contributed by atoms with E-state index in [4.69, 9.17) is 41.6 Å². The van der Waals surface area contributed by atoms with Crippen molar-refractivity contribution in [3.8, 4) is 0 Å². The molecule has 1 heterocycles. The van der Waals surface area contributed by atoms with Crippen LogP contribution in [0, 0.1) is 5.41 Å². The van der Waals surface area contributed by atoms with Gasteiger partial charge in [0.25, 0.3) is 0 Å². The van der Waals surface area contributed by atoms with Gasteiger partial charge in [-0.3, -0.25) is 62.9 Å². The molecule has 19 N–H and O–H groups in total. The van der Waals surface area contributed by atoms with Gasteiger partial charge in [0, 0.05) is 43.3 Å². The van der Waals surface area contributed by atoms with Gasteiger partial charge in [-0.25, -0.2) is 0 Å². The quantitative estimate of drug-likeness (QED) is 0.0142. The van der Waals surface area contributed by atoms with Crippen molar-refractivity contribution in [3.05, 3.63) is 35.9 Å². The first-order chi connectivity index (χ1) is 40.7. The minimum absolute atomic E-state index is 0.00985. The molecule has 0 saturated carbocycles. The Bertz CT molecular complexity index is 2350. The number of hydrogen-bond donors (Lipinski definition) is 18. The van der Waals surface area contributed by atoms with Gasteiger partial charge in [0.1, 0.15) is 55.5 Å². The third kappa shape index (κ3) is 33.3. The second-order valence-electron chi connectivity index (χ2n) is 18.6. The molecule has 7 atom stereocenters. The van der Waals surface area contributed by atoms with E-state index in [0.29, 0.717) is 18.4 Å². The minimum Gasteiger partial charge on any atom is -0.481 e. The number of carbonyl (C=O) groups excluding carboxylic acids is 11. The van der Waals surface area contributed by atoms with Crippen LogP contribution in [0.3, 0.4) is 0 Å². The molecule has 32 nitrogen and oxygen atoms in total. The Labute approximate surface area is 506 Å². The molecule has 2 unspecified atom stereocenters. The van der Waals surface area contributed by atoms with Crippen molar-refractivity contribution in [1.82, 2.24) is 58.5 Å². The molecular weight excluding hydrogens is 1180 g/mol. The van der Waals surface area contributed by atoms with Gasteiger partial charge in [0.05, 0.1) is 58.4 Å². The van der Waals surface area contributed by atoms with Gasteiger partial charge in [-0.2, -0.15) is 25.3 Å². The van der Waals surface area contributed by atoms with Gasteiger partial charge in [0.15, 0.2) is 5.96 Å². The average molecular weight is 1260 g/mol. The number of benzene rings is 1. The number of primary amides is 1. The van der Waals surface area contributed by atoms with Crippen molar-refractivity contribution >= 4 is 114 Å². The summed E-state index contributed by atoms with van der Waals surface area (Å²) in [6.45, 7) is -0.268. The summed E-state index contributed by atoms with van der Waals surface area (Å²) in [5.41, 5.74) is 16.6. The molecule has 2 rings (SSSR count). The Hall–Kier alpha value is -7.02. The third-order valence-electron chi connectivity index (χ3n) is 11.7. The van der Waals surface area contributed by atoms with E-state index < -0.39 is 132 Å². The Balaban J connectivity index is 2.41. The lowest BCUT2D eigenvalue weighted by Crippen LogP contribution is -2.60. The topological polar surface area (TPSA) is 496 Å². The molecule has 1 aromatic carbocycles. The number of thioether (sulfide) groups is 1. The molecule has 1 fully saturated rings. The smallest absolute Gasteiger partial charge is 0.305 e. The third-order valence-corrected chi connectivity index (χ3v) is 13.5. The summed E-state index contributed by atoms with van der Waals surface area (Å²) < 4.78 is 21.3. The number of ether oxygens (including phenoxy) is 4. The van der Waals surface area contributed by atoms with Gasteiger partial charge < -0.3 is 99.7 Å². The summed E-state index contributed by atoms with van der Waals surface area (Å²) in [4.78, 5) is 158. The van der Waals surface area contributed by atoms with Crippen LogP contribution in [0.1, 0.15) is 44.1 Å². The SMILES string of the molecule is N=C(N)NCCC[C@@H]1NC(=O)[C@H](CS)NC(=O)[C@H](CCCCN)NC(=O)CSCC(C(=O)NCCOCCOCCOCCNC(=O)COCC(N)=O)NC(=O)[C@H](Cc2ccccc2)NC(=O)C(CS)NC(=O)[C@H](CC(=O)O)NC(=O)CNC1=O. The zero-order valence-electron chi connectivity index (χ0n) is 46.9. The van der Waals surface area contributed by atoms with Crippen LogP contribution in [0.4, 0.5) is 0 Å². The van der Waals surface area contributed by atoms with E-state index in [0.717, 1.165) is 11.8 Å². The van der Waals surface area contributed by atoms with Gasteiger partial charge in [-0.1, -0.05) is 30.3 Å².